The summed E-state index contributed by atoms with van der Waals surface area (Å²) < 4.78 is 23.2. The fraction of sp³-hybridized carbons (Fsp3) is 0.526. The first-order valence-corrected chi connectivity index (χ1v) is 17.9. The van der Waals surface area contributed by atoms with E-state index in [2.05, 4.69) is 10.6 Å². The number of cyclic esters (lactones) is 2. The average molecular weight is 732 g/mol. The first-order valence-electron chi connectivity index (χ1n) is 17.0. The number of hydrogen-bond acceptors (Lipinski definition) is 8. The van der Waals surface area contributed by atoms with E-state index in [1.807, 2.05) is 45.0 Å². The first-order chi connectivity index (χ1) is 23.7. The van der Waals surface area contributed by atoms with E-state index >= 15 is 0 Å². The van der Waals surface area contributed by atoms with Crippen molar-refractivity contribution in [3.05, 3.63) is 76.3 Å². The van der Waals surface area contributed by atoms with Gasteiger partial charge in [-0.2, -0.15) is 0 Å². The largest absolute Gasteiger partial charge is 0.495 e. The molecule has 0 aromatic heterocycles. The summed E-state index contributed by atoms with van der Waals surface area (Å²) in [6, 6.07) is 12.2. The molecule has 2 aromatic carbocycles. The maximum absolute atomic E-state index is 13.7. The van der Waals surface area contributed by atoms with Crippen molar-refractivity contribution in [1.82, 2.24) is 10.6 Å². The number of carbonyl (C=O) groups is 4. The van der Waals surface area contributed by atoms with Gasteiger partial charge in [-0.25, -0.2) is 4.79 Å². The Labute approximate surface area is 304 Å². The third-order valence-corrected chi connectivity index (χ3v) is 9.78. The van der Waals surface area contributed by atoms with Gasteiger partial charge < -0.3 is 29.6 Å². The Balaban J connectivity index is 1.62. The highest BCUT2D eigenvalue weighted by atomic mass is 35.5. The number of ether oxygens (including phenoxy) is 4. The van der Waals surface area contributed by atoms with E-state index in [1.165, 1.54) is 13.2 Å². The third-order valence-electron chi connectivity index (χ3n) is 9.18. The maximum Gasteiger partial charge on any atom is 0.347 e. The molecule has 0 spiro atoms. The lowest BCUT2D eigenvalue weighted by Gasteiger charge is -2.43. The fourth-order valence-corrected chi connectivity index (χ4v) is 6.45. The van der Waals surface area contributed by atoms with E-state index < -0.39 is 47.4 Å². The minimum absolute atomic E-state index is 0.00995. The van der Waals surface area contributed by atoms with Crippen LogP contribution >= 0.6 is 23.2 Å². The van der Waals surface area contributed by atoms with Crippen LogP contribution in [0.25, 0.3) is 0 Å². The Kier molecular flexibility index (Phi) is 13.8. The maximum atomic E-state index is 13.7. The molecule has 2 aliphatic rings. The van der Waals surface area contributed by atoms with Crippen molar-refractivity contribution >= 4 is 47.0 Å². The summed E-state index contributed by atoms with van der Waals surface area (Å²) in [6.07, 6.45) is 1.35. The summed E-state index contributed by atoms with van der Waals surface area (Å²) in [6.45, 7) is 9.44. The summed E-state index contributed by atoms with van der Waals surface area (Å²) in [5.74, 6) is -1.66. The van der Waals surface area contributed by atoms with Crippen LogP contribution in [0.1, 0.15) is 70.1 Å². The van der Waals surface area contributed by atoms with Crippen molar-refractivity contribution in [3.8, 4) is 5.75 Å². The van der Waals surface area contributed by atoms with Gasteiger partial charge >= 0.3 is 11.9 Å². The highest BCUT2D eigenvalue weighted by molar-refractivity contribution is 6.32. The van der Waals surface area contributed by atoms with Crippen LogP contribution in [-0.4, -0.2) is 68.4 Å². The van der Waals surface area contributed by atoms with E-state index in [4.69, 9.17) is 42.1 Å². The van der Waals surface area contributed by atoms with Gasteiger partial charge in [-0.15, -0.1) is 11.6 Å². The Morgan fingerprint density at radius 2 is 1.70 bits per heavy atom. The number of alkyl halides is 1. The number of amides is 2. The Bertz CT molecular complexity index is 1540. The number of esters is 2. The summed E-state index contributed by atoms with van der Waals surface area (Å²) in [5, 5.41) is 5.92. The fourth-order valence-electron chi connectivity index (χ4n) is 5.99. The molecule has 0 unspecified atom stereocenters. The van der Waals surface area contributed by atoms with E-state index in [-0.39, 0.29) is 49.7 Å². The van der Waals surface area contributed by atoms with Crippen LogP contribution in [0.15, 0.2) is 54.6 Å². The summed E-state index contributed by atoms with van der Waals surface area (Å²) in [4.78, 5) is 54.0. The summed E-state index contributed by atoms with van der Waals surface area (Å²) in [7, 11) is 1.51. The second-order valence-corrected chi connectivity index (χ2v) is 14.8. The molecule has 12 heteroatoms. The summed E-state index contributed by atoms with van der Waals surface area (Å²) >= 11 is 12.3. The predicted molar refractivity (Wildman–Crippen MR) is 191 cm³/mol. The van der Waals surface area contributed by atoms with Gasteiger partial charge in [-0.3, -0.25) is 14.4 Å². The van der Waals surface area contributed by atoms with Crippen molar-refractivity contribution in [2.75, 3.05) is 20.3 Å². The molecule has 0 bridgehead atoms. The number of methoxy groups -OCH3 is 1. The lowest BCUT2D eigenvalue weighted by molar-refractivity contribution is -0.185. The molecule has 6 atom stereocenters. The van der Waals surface area contributed by atoms with E-state index in [0.29, 0.717) is 28.8 Å². The molecule has 1 fully saturated rings. The molecule has 2 N–H and O–H groups in total. The molecule has 272 valence electrons. The third kappa shape index (κ3) is 10.2. The highest BCUT2D eigenvalue weighted by Gasteiger charge is 2.43. The number of hydrogen-bond donors (Lipinski definition) is 2. The second kappa shape index (κ2) is 17.6. The average Bonchev–Trinajstić information content (AvgIpc) is 3.05. The first kappa shape index (κ1) is 39.2. The number of benzene rings is 2. The molecule has 10 nitrogen and oxygen atoms in total. The number of rotatable bonds is 9. The van der Waals surface area contributed by atoms with Crippen molar-refractivity contribution < 1.29 is 38.1 Å². The van der Waals surface area contributed by atoms with Crippen molar-refractivity contribution in [3.63, 3.8) is 0 Å². The quantitative estimate of drug-likeness (QED) is 0.241. The molecule has 50 heavy (non-hydrogen) atoms. The minimum atomic E-state index is -1.21. The van der Waals surface area contributed by atoms with Crippen LogP contribution in [-0.2, 0) is 45.7 Å². The zero-order valence-corrected chi connectivity index (χ0v) is 31.0. The number of nitrogens with one attached hydrogen (secondary N) is 2. The second-order valence-electron chi connectivity index (χ2n) is 14.1. The lowest BCUT2D eigenvalue weighted by atomic mass is 9.80. The number of halogens is 2. The molecule has 2 aromatic rings. The van der Waals surface area contributed by atoms with Crippen LogP contribution in [0.4, 0.5) is 0 Å². The van der Waals surface area contributed by atoms with Gasteiger partial charge in [-0.1, -0.05) is 68.8 Å². The molecule has 0 radical (unpaired) electrons. The van der Waals surface area contributed by atoms with Crippen LogP contribution in [0, 0.1) is 17.3 Å². The molecule has 2 aliphatic heterocycles. The predicted octanol–water partition coefficient (Wildman–Crippen LogP) is 5.91. The van der Waals surface area contributed by atoms with Gasteiger partial charge in [0.1, 0.15) is 17.9 Å². The Morgan fingerprint density at radius 3 is 2.30 bits per heavy atom. The Hall–Kier alpha value is -3.60. The molecular formula is C38H48Cl2N2O8. The van der Waals surface area contributed by atoms with Crippen LogP contribution in [0.5, 0.6) is 5.75 Å². The van der Waals surface area contributed by atoms with Crippen LogP contribution in [0.3, 0.4) is 0 Å². The molecular weight excluding hydrogens is 683 g/mol. The smallest absolute Gasteiger partial charge is 0.347 e. The normalized spacial score (nSPS) is 26.1. The van der Waals surface area contributed by atoms with Gasteiger partial charge in [0.25, 0.3) is 0 Å². The van der Waals surface area contributed by atoms with Gasteiger partial charge in [0.2, 0.25) is 11.8 Å². The summed E-state index contributed by atoms with van der Waals surface area (Å²) in [5.41, 5.74) is 1.58. The van der Waals surface area contributed by atoms with Crippen molar-refractivity contribution in [1.29, 1.82) is 0 Å². The van der Waals surface area contributed by atoms with Crippen LogP contribution < -0.4 is 15.4 Å². The molecule has 2 heterocycles. The topological polar surface area (TPSA) is 129 Å². The minimum Gasteiger partial charge on any atom is -0.495 e. The standard InChI is InChI=1S/C38H48Cl2N2O8/c1-22(2)16-32-36(45)49-30(23(3)34-27(20-48-34)26-13-10-24(19-39)11-14-26)8-7-9-33(43)42-29(18-25-12-15-31(47-6)28(40)17-25)35(44)41-21-38(4,5)37(46)50-32/h7,9-15,17,22-23,27,29-30,32,34H,8,16,18-21H2,1-6H3,(H,41,44)(H,42,43)/b9-7+/t23-,27+,29+,30-,32-,34+/m0/s1. The monoisotopic (exact) mass is 730 g/mol. The van der Waals surface area contributed by atoms with Gasteiger partial charge in [0.15, 0.2) is 6.10 Å². The molecule has 2 amide bonds. The highest BCUT2D eigenvalue weighted by Crippen LogP contribution is 2.39. The van der Waals surface area contributed by atoms with Crippen molar-refractivity contribution in [2.45, 2.75) is 90.0 Å². The molecule has 1 saturated heterocycles. The molecule has 0 saturated carbocycles. The zero-order chi connectivity index (χ0) is 36.6. The van der Waals surface area contributed by atoms with E-state index in [1.54, 1.807) is 38.1 Å². The van der Waals surface area contributed by atoms with Gasteiger partial charge in [0, 0.05) is 37.1 Å². The Morgan fingerprint density at radius 1 is 1.00 bits per heavy atom. The van der Waals surface area contributed by atoms with Crippen molar-refractivity contribution in [2.24, 2.45) is 17.3 Å². The molecule has 0 aliphatic carbocycles. The van der Waals surface area contributed by atoms with Gasteiger partial charge in [-0.05, 0) is 61.1 Å². The zero-order valence-electron chi connectivity index (χ0n) is 29.5. The SMILES string of the molecule is COc1ccc(C[C@H]2NC(=O)/C=C/C[C@@H]([C@H](C)[C@H]3OC[C@@H]3c3ccc(CCl)cc3)OC(=O)[C@H](CC(C)C)OC(=O)C(C)(C)CNC2=O)cc1Cl. The molecule has 4 rings (SSSR count). The number of carbonyl (C=O) groups excluding carboxylic acids is 4. The lowest BCUT2D eigenvalue weighted by Crippen LogP contribution is -2.51. The van der Waals surface area contributed by atoms with Gasteiger partial charge in [0.05, 0.1) is 30.3 Å². The van der Waals surface area contributed by atoms with E-state index in [0.717, 1.165) is 11.1 Å². The van der Waals surface area contributed by atoms with E-state index in [9.17, 15) is 19.2 Å². The van der Waals surface area contributed by atoms with Crippen LogP contribution in [0.2, 0.25) is 5.02 Å².